The van der Waals surface area contributed by atoms with Crippen molar-refractivity contribution in [1.29, 1.82) is 0 Å². The number of nitrogens with zero attached hydrogens (tertiary/aromatic N) is 4. The van der Waals surface area contributed by atoms with Gasteiger partial charge < -0.3 is 15.0 Å². The number of amides is 1. The molecule has 0 radical (unpaired) electrons. The maximum Gasteiger partial charge on any atom is 0.573 e. The van der Waals surface area contributed by atoms with Crippen molar-refractivity contribution < 1.29 is 22.7 Å². The molecule has 1 N–H and O–H groups in total. The van der Waals surface area contributed by atoms with Gasteiger partial charge in [-0.2, -0.15) is 0 Å². The Morgan fingerprint density at radius 3 is 2.39 bits per heavy atom. The molecule has 4 rings (SSSR count). The Labute approximate surface area is 188 Å². The predicted octanol–water partition coefficient (Wildman–Crippen LogP) is 4.84. The fraction of sp³-hybridized carbons (Fsp3) is 0.304. The molecule has 0 aliphatic carbocycles. The third-order valence-electron chi connectivity index (χ3n) is 5.40. The van der Waals surface area contributed by atoms with E-state index in [1.807, 2.05) is 0 Å². The number of hydrogen-bond acceptors (Lipinski definition) is 6. The van der Waals surface area contributed by atoms with Crippen molar-refractivity contribution in [3.8, 4) is 16.9 Å². The first kappa shape index (κ1) is 22.5. The fourth-order valence-corrected chi connectivity index (χ4v) is 3.52. The smallest absolute Gasteiger partial charge is 0.406 e. The van der Waals surface area contributed by atoms with Crippen LogP contribution in [0.1, 0.15) is 29.5 Å². The molecule has 3 heterocycles. The first-order valence-corrected chi connectivity index (χ1v) is 10.4. The highest BCUT2D eigenvalue weighted by molar-refractivity contribution is 6.05. The van der Waals surface area contributed by atoms with Gasteiger partial charge in [0.25, 0.3) is 5.91 Å². The van der Waals surface area contributed by atoms with Crippen LogP contribution in [-0.2, 0) is 0 Å². The highest BCUT2D eigenvalue weighted by Crippen LogP contribution is 2.34. The molecule has 0 spiro atoms. The van der Waals surface area contributed by atoms with Gasteiger partial charge in [0, 0.05) is 48.5 Å². The molecule has 0 bridgehead atoms. The van der Waals surface area contributed by atoms with Gasteiger partial charge in [-0.1, -0.05) is 6.92 Å². The van der Waals surface area contributed by atoms with E-state index in [0.29, 0.717) is 23.0 Å². The van der Waals surface area contributed by atoms with E-state index in [1.165, 1.54) is 18.3 Å². The average molecular weight is 457 g/mol. The van der Waals surface area contributed by atoms with Crippen molar-refractivity contribution in [3.63, 3.8) is 0 Å². The summed E-state index contributed by atoms with van der Waals surface area (Å²) >= 11 is 0. The average Bonchev–Trinajstić information content (AvgIpc) is 2.74. The first-order valence-electron chi connectivity index (χ1n) is 10.4. The number of rotatable bonds is 6. The van der Waals surface area contributed by atoms with Crippen molar-refractivity contribution in [1.82, 2.24) is 15.0 Å². The summed E-state index contributed by atoms with van der Waals surface area (Å²) in [6.45, 7) is 5.72. The van der Waals surface area contributed by atoms with Crippen LogP contribution >= 0.6 is 0 Å². The second kappa shape index (κ2) is 9.05. The lowest BCUT2D eigenvalue weighted by atomic mass is 9.96. The van der Waals surface area contributed by atoms with Gasteiger partial charge in [-0.15, -0.1) is 13.2 Å². The van der Waals surface area contributed by atoms with Crippen molar-refractivity contribution in [3.05, 3.63) is 60.3 Å². The number of benzene rings is 1. The topological polar surface area (TPSA) is 80.2 Å². The Hall–Kier alpha value is -3.69. The molecule has 1 aliphatic rings. The fourth-order valence-electron chi connectivity index (χ4n) is 3.52. The second-order valence-corrected chi connectivity index (χ2v) is 7.82. The zero-order valence-electron chi connectivity index (χ0n) is 18.1. The van der Waals surface area contributed by atoms with E-state index in [2.05, 4.69) is 36.8 Å². The van der Waals surface area contributed by atoms with Gasteiger partial charge in [0.1, 0.15) is 17.4 Å². The lowest BCUT2D eigenvalue weighted by Crippen LogP contribution is -2.47. The number of alkyl halides is 3. The third kappa shape index (κ3) is 5.39. The number of halogens is 3. The maximum absolute atomic E-state index is 12.8. The van der Waals surface area contributed by atoms with Crippen LogP contribution in [0.5, 0.6) is 5.75 Å². The molecule has 7 nitrogen and oxygen atoms in total. The number of pyridine rings is 1. The van der Waals surface area contributed by atoms with Crippen LogP contribution in [0.4, 0.5) is 24.7 Å². The summed E-state index contributed by atoms with van der Waals surface area (Å²) in [6.07, 6.45) is 1.19. The molecule has 172 valence electrons. The van der Waals surface area contributed by atoms with E-state index in [0.717, 1.165) is 48.6 Å². The minimum Gasteiger partial charge on any atom is -0.406 e. The molecule has 3 aromatic rings. The monoisotopic (exact) mass is 457 g/mol. The highest BCUT2D eigenvalue weighted by atomic mass is 19.4. The molecule has 33 heavy (non-hydrogen) atoms. The Bertz CT molecular complexity index is 1130. The minimum atomic E-state index is -4.78. The van der Waals surface area contributed by atoms with Crippen molar-refractivity contribution >= 4 is 17.4 Å². The van der Waals surface area contributed by atoms with Gasteiger partial charge in [0.15, 0.2) is 0 Å². The van der Waals surface area contributed by atoms with Crippen molar-refractivity contribution in [2.75, 3.05) is 23.3 Å². The summed E-state index contributed by atoms with van der Waals surface area (Å²) in [5, 5.41) is 2.67. The number of nitrogens with one attached hydrogen (secondary N) is 1. The van der Waals surface area contributed by atoms with Gasteiger partial charge in [-0.05, 0) is 49.6 Å². The zero-order chi connectivity index (χ0) is 23.6. The Kier molecular flexibility index (Phi) is 6.17. The van der Waals surface area contributed by atoms with E-state index < -0.39 is 12.3 Å². The highest BCUT2D eigenvalue weighted by Gasteiger charge is 2.31. The largest absolute Gasteiger partial charge is 0.573 e. The number of carbonyl (C=O) groups excluding carboxylic acids is 1. The molecular weight excluding hydrogens is 435 g/mol. The Morgan fingerprint density at radius 1 is 1.12 bits per heavy atom. The van der Waals surface area contributed by atoms with E-state index in [-0.39, 0.29) is 5.75 Å². The molecule has 2 aromatic heterocycles. The van der Waals surface area contributed by atoms with Crippen LogP contribution in [0.15, 0.2) is 48.9 Å². The van der Waals surface area contributed by atoms with Gasteiger partial charge >= 0.3 is 6.36 Å². The first-order chi connectivity index (χ1) is 15.7. The lowest BCUT2D eigenvalue weighted by Gasteiger charge is -2.40. The van der Waals surface area contributed by atoms with Crippen molar-refractivity contribution in [2.24, 2.45) is 5.92 Å². The summed E-state index contributed by atoms with van der Waals surface area (Å²) < 4.78 is 40.8. The van der Waals surface area contributed by atoms with Crippen LogP contribution in [0.2, 0.25) is 0 Å². The summed E-state index contributed by atoms with van der Waals surface area (Å²) in [7, 11) is 0. The van der Waals surface area contributed by atoms with E-state index in [1.54, 1.807) is 25.4 Å². The number of ether oxygens (including phenoxy) is 1. The summed E-state index contributed by atoms with van der Waals surface area (Å²) in [6, 6.07) is 6.66. The van der Waals surface area contributed by atoms with Gasteiger partial charge in [0.2, 0.25) is 0 Å². The van der Waals surface area contributed by atoms with Gasteiger partial charge in [-0.3, -0.25) is 4.79 Å². The SMILES string of the molecule is CCC1CN(c2ncc(C(=O)Nc3ccc(OC(F)(F)F)cc3)cc2-c2cnc(C)nc2)C1. The number of carbonyl (C=O) groups is 1. The number of anilines is 2. The van der Waals surface area contributed by atoms with E-state index >= 15 is 0 Å². The zero-order valence-corrected chi connectivity index (χ0v) is 18.1. The van der Waals surface area contributed by atoms with Gasteiger partial charge in [0.05, 0.1) is 5.56 Å². The predicted molar refractivity (Wildman–Crippen MR) is 117 cm³/mol. The molecule has 10 heteroatoms. The molecular formula is C23H22F3N5O2. The van der Waals surface area contributed by atoms with E-state index in [9.17, 15) is 18.0 Å². The molecule has 0 unspecified atom stereocenters. The van der Waals surface area contributed by atoms with Crippen LogP contribution in [-0.4, -0.2) is 40.3 Å². The van der Waals surface area contributed by atoms with Crippen LogP contribution in [0.25, 0.3) is 11.1 Å². The summed E-state index contributed by atoms with van der Waals surface area (Å²) in [4.78, 5) is 28.0. The minimum absolute atomic E-state index is 0.303. The normalized spacial score (nSPS) is 14.0. The number of aromatic nitrogens is 3. The Morgan fingerprint density at radius 2 is 1.79 bits per heavy atom. The van der Waals surface area contributed by atoms with Crippen LogP contribution in [0, 0.1) is 12.8 Å². The van der Waals surface area contributed by atoms with Crippen LogP contribution in [0.3, 0.4) is 0 Å². The molecule has 1 saturated heterocycles. The third-order valence-corrected chi connectivity index (χ3v) is 5.40. The molecule has 0 saturated carbocycles. The molecule has 1 aromatic carbocycles. The summed E-state index contributed by atoms with van der Waals surface area (Å²) in [5.74, 6) is 1.20. The lowest BCUT2D eigenvalue weighted by molar-refractivity contribution is -0.274. The molecule has 0 atom stereocenters. The van der Waals surface area contributed by atoms with E-state index in [4.69, 9.17) is 0 Å². The summed E-state index contributed by atoms with van der Waals surface area (Å²) in [5.41, 5.74) is 2.11. The van der Waals surface area contributed by atoms with Crippen LogP contribution < -0.4 is 15.0 Å². The molecule has 1 fully saturated rings. The molecule has 1 amide bonds. The number of hydrogen-bond donors (Lipinski definition) is 1. The number of aryl methyl sites for hydroxylation is 1. The Balaban J connectivity index is 1.56. The molecule has 1 aliphatic heterocycles. The second-order valence-electron chi connectivity index (χ2n) is 7.82. The quantitative estimate of drug-likeness (QED) is 0.570. The van der Waals surface area contributed by atoms with Crippen molar-refractivity contribution in [2.45, 2.75) is 26.6 Å². The van der Waals surface area contributed by atoms with Gasteiger partial charge in [-0.25, -0.2) is 15.0 Å². The standard InChI is InChI=1S/C23H22F3N5O2/c1-3-15-12-31(13-15)21-20(17-10-27-14(2)28-11-17)8-16(9-29-21)22(32)30-18-4-6-19(7-5-18)33-23(24,25)26/h4-11,15H,3,12-13H2,1-2H3,(H,30,32). The maximum atomic E-state index is 12.8.